The van der Waals surface area contributed by atoms with E-state index >= 15 is 0 Å². The third-order valence-electron chi connectivity index (χ3n) is 5.75. The summed E-state index contributed by atoms with van der Waals surface area (Å²) in [5, 5.41) is 1.94. The van der Waals surface area contributed by atoms with Gasteiger partial charge in [0.05, 0.1) is 48.1 Å². The number of carbonyl (C=O) groups is 3. The van der Waals surface area contributed by atoms with E-state index in [0.29, 0.717) is 31.7 Å². The summed E-state index contributed by atoms with van der Waals surface area (Å²) >= 11 is 9.75. The van der Waals surface area contributed by atoms with E-state index in [0.717, 1.165) is 28.4 Å². The van der Waals surface area contributed by atoms with Gasteiger partial charge in [-0.3, -0.25) is 4.79 Å². The van der Waals surface area contributed by atoms with Crippen LogP contribution in [0.3, 0.4) is 0 Å². The van der Waals surface area contributed by atoms with Gasteiger partial charge in [-0.25, -0.2) is 9.59 Å². The van der Waals surface area contributed by atoms with Gasteiger partial charge in [0.1, 0.15) is 15.6 Å². The Morgan fingerprint density at radius 3 is 2.17 bits per heavy atom. The number of nitrogens with zero attached hydrogens (tertiary/aromatic N) is 1. The van der Waals surface area contributed by atoms with Crippen molar-refractivity contribution in [3.05, 3.63) is 60.2 Å². The number of amides is 1. The van der Waals surface area contributed by atoms with Gasteiger partial charge >= 0.3 is 11.9 Å². The fraction of sp³-hybridized carbons (Fsp3) is 0.280. The highest BCUT2D eigenvalue weighted by Crippen LogP contribution is 2.56. The lowest BCUT2D eigenvalue weighted by atomic mass is 9.83. The lowest BCUT2D eigenvalue weighted by Crippen LogP contribution is -2.56. The van der Waals surface area contributed by atoms with Crippen LogP contribution in [0, 0.1) is 0 Å². The standard InChI is InChI=1S/C25H23NO6S4/c1-25(2)21(33)18(24-35-19(22(28)31-4)20(36-24)23(29)32-5)15-11-13(30-3)8-9-16(15)26(25)17(27)12-14-7-6-10-34-14/h6-11H,12H2,1-5H3. The van der Waals surface area contributed by atoms with Gasteiger partial charge in [-0.15, -0.1) is 11.3 Å². The van der Waals surface area contributed by atoms with E-state index in [4.69, 9.17) is 26.4 Å². The number of esters is 2. The summed E-state index contributed by atoms with van der Waals surface area (Å²) in [5.74, 6) is -0.774. The molecule has 0 saturated carbocycles. The van der Waals surface area contributed by atoms with Gasteiger partial charge in [-0.05, 0) is 43.5 Å². The number of benzene rings is 1. The smallest absolute Gasteiger partial charge is 0.346 e. The molecule has 2 aliphatic rings. The molecule has 0 radical (unpaired) electrons. The number of rotatable bonds is 5. The predicted octanol–water partition coefficient (Wildman–Crippen LogP) is 5.20. The Morgan fingerprint density at radius 1 is 1.00 bits per heavy atom. The number of hydrogen-bond donors (Lipinski definition) is 0. The van der Waals surface area contributed by atoms with Gasteiger partial charge < -0.3 is 19.1 Å². The van der Waals surface area contributed by atoms with Crippen molar-refractivity contribution in [1.82, 2.24) is 0 Å². The van der Waals surface area contributed by atoms with Crippen molar-refractivity contribution in [3.63, 3.8) is 0 Å². The number of anilines is 1. The Morgan fingerprint density at radius 2 is 1.64 bits per heavy atom. The number of methoxy groups -OCH3 is 3. The summed E-state index contributed by atoms with van der Waals surface area (Å²) in [6, 6.07) is 9.30. The molecule has 0 N–H and O–H groups in total. The second-order valence-electron chi connectivity index (χ2n) is 8.26. The van der Waals surface area contributed by atoms with Gasteiger partial charge in [0, 0.05) is 16.0 Å². The van der Waals surface area contributed by atoms with Crippen LogP contribution < -0.4 is 9.64 Å². The van der Waals surface area contributed by atoms with Crippen LogP contribution in [0.2, 0.25) is 0 Å². The minimum Gasteiger partial charge on any atom is -0.497 e. The quantitative estimate of drug-likeness (QED) is 0.278. The number of fused-ring (bicyclic) bond motifs is 1. The van der Waals surface area contributed by atoms with Crippen LogP contribution in [-0.4, -0.2) is 49.6 Å². The Labute approximate surface area is 226 Å². The van der Waals surface area contributed by atoms with Crippen LogP contribution >= 0.6 is 47.1 Å². The van der Waals surface area contributed by atoms with E-state index in [2.05, 4.69) is 0 Å². The van der Waals surface area contributed by atoms with Gasteiger partial charge in [0.25, 0.3) is 0 Å². The first-order chi connectivity index (χ1) is 17.1. The first-order valence-electron chi connectivity index (χ1n) is 10.7. The van der Waals surface area contributed by atoms with Gasteiger partial charge in [-0.2, -0.15) is 0 Å². The number of hydrogen-bond acceptors (Lipinski definition) is 10. The van der Waals surface area contributed by atoms with Gasteiger partial charge in [0.2, 0.25) is 5.91 Å². The summed E-state index contributed by atoms with van der Waals surface area (Å²) in [7, 11) is 4.07. The molecule has 0 atom stereocenters. The van der Waals surface area contributed by atoms with Crippen molar-refractivity contribution in [1.29, 1.82) is 0 Å². The maximum absolute atomic E-state index is 13.6. The number of ether oxygens (including phenoxy) is 3. The Kier molecular flexibility index (Phi) is 7.65. The molecule has 1 aromatic heterocycles. The molecule has 36 heavy (non-hydrogen) atoms. The molecule has 0 fully saturated rings. The monoisotopic (exact) mass is 561 g/mol. The molecule has 0 bridgehead atoms. The van der Waals surface area contributed by atoms with Crippen molar-refractivity contribution >= 4 is 81.0 Å². The van der Waals surface area contributed by atoms with E-state index in [1.165, 1.54) is 25.6 Å². The topological polar surface area (TPSA) is 82.1 Å². The molecule has 7 nitrogen and oxygen atoms in total. The predicted molar refractivity (Wildman–Crippen MR) is 148 cm³/mol. The third-order valence-corrected chi connectivity index (χ3v) is 9.89. The fourth-order valence-corrected chi connectivity index (χ4v) is 7.74. The summed E-state index contributed by atoms with van der Waals surface area (Å²) in [6.45, 7) is 3.80. The first-order valence-corrected chi connectivity index (χ1v) is 13.7. The highest BCUT2D eigenvalue weighted by Gasteiger charge is 2.46. The average Bonchev–Trinajstić information content (AvgIpc) is 3.53. The molecule has 188 valence electrons. The molecule has 0 aliphatic carbocycles. The molecule has 0 saturated heterocycles. The zero-order chi connectivity index (χ0) is 26.2. The SMILES string of the molecule is COC(=O)C1=C(C(=O)OC)SC(=C2C(=S)C(C)(C)N(C(=O)Cc3cccs3)c3ccc(OC)cc32)S1. The zero-order valence-corrected chi connectivity index (χ0v) is 23.5. The number of thiophene rings is 1. The summed E-state index contributed by atoms with van der Waals surface area (Å²) in [4.78, 5) is 42.0. The third kappa shape index (κ3) is 4.60. The molecular weight excluding hydrogens is 539 g/mol. The lowest BCUT2D eigenvalue weighted by molar-refractivity contribution is -0.138. The van der Waals surface area contributed by atoms with Crippen LogP contribution in [0.15, 0.2) is 49.8 Å². The molecule has 3 heterocycles. The van der Waals surface area contributed by atoms with E-state index in [9.17, 15) is 14.4 Å². The minimum atomic E-state index is -0.867. The van der Waals surface area contributed by atoms with Crippen molar-refractivity contribution in [2.45, 2.75) is 25.8 Å². The zero-order valence-electron chi connectivity index (χ0n) is 20.2. The van der Waals surface area contributed by atoms with E-state index in [1.54, 1.807) is 18.1 Å². The maximum atomic E-state index is 13.6. The number of thiocarbonyl (C=S) groups is 1. The fourth-order valence-electron chi connectivity index (χ4n) is 4.01. The van der Waals surface area contributed by atoms with Gasteiger partial charge in [0.15, 0.2) is 0 Å². The lowest BCUT2D eigenvalue weighted by Gasteiger charge is -2.45. The van der Waals surface area contributed by atoms with Crippen molar-refractivity contribution in [3.8, 4) is 5.75 Å². The van der Waals surface area contributed by atoms with Crippen LogP contribution in [0.25, 0.3) is 5.57 Å². The molecule has 0 spiro atoms. The Balaban J connectivity index is 1.88. The minimum absolute atomic E-state index is 0.0874. The van der Waals surface area contributed by atoms with E-state index in [1.807, 2.05) is 43.5 Å². The molecule has 2 aromatic rings. The van der Waals surface area contributed by atoms with Crippen molar-refractivity contribution in [2.24, 2.45) is 0 Å². The highest BCUT2D eigenvalue weighted by atomic mass is 32.2. The van der Waals surface area contributed by atoms with E-state index < -0.39 is 17.5 Å². The first kappa shape index (κ1) is 26.5. The molecule has 2 aliphatic heterocycles. The molecule has 1 amide bonds. The second-order valence-corrected chi connectivity index (χ2v) is 12.0. The Hall–Kier alpha value is -2.60. The molecule has 4 rings (SSSR count). The molecule has 1 aromatic carbocycles. The number of carbonyl (C=O) groups excluding carboxylic acids is 3. The second kappa shape index (κ2) is 10.4. The van der Waals surface area contributed by atoms with Crippen molar-refractivity contribution in [2.75, 3.05) is 26.2 Å². The van der Waals surface area contributed by atoms with Crippen LogP contribution in [0.4, 0.5) is 5.69 Å². The molecular formula is C25H23NO6S4. The largest absolute Gasteiger partial charge is 0.497 e. The summed E-state index contributed by atoms with van der Waals surface area (Å²) in [5.41, 5.74) is 1.16. The average molecular weight is 562 g/mol. The van der Waals surface area contributed by atoms with Crippen LogP contribution in [-0.2, 0) is 30.3 Å². The summed E-state index contributed by atoms with van der Waals surface area (Å²) in [6.07, 6.45) is 0.241. The van der Waals surface area contributed by atoms with Crippen LogP contribution in [0.1, 0.15) is 24.3 Å². The molecule has 11 heteroatoms. The normalized spacial score (nSPS) is 16.7. The number of thioether (sulfide) groups is 2. The summed E-state index contributed by atoms with van der Waals surface area (Å²) < 4.78 is 15.9. The maximum Gasteiger partial charge on any atom is 0.346 e. The van der Waals surface area contributed by atoms with Gasteiger partial charge in [-0.1, -0.05) is 41.8 Å². The van der Waals surface area contributed by atoms with Crippen LogP contribution in [0.5, 0.6) is 5.75 Å². The molecule has 0 unspecified atom stereocenters. The Bertz CT molecular complexity index is 1300. The van der Waals surface area contributed by atoms with E-state index in [-0.39, 0.29) is 22.1 Å². The van der Waals surface area contributed by atoms with Crippen molar-refractivity contribution < 1.29 is 28.6 Å². The highest BCUT2D eigenvalue weighted by molar-refractivity contribution is 8.29.